The van der Waals surface area contributed by atoms with Crippen molar-refractivity contribution in [1.82, 2.24) is 15.5 Å². The molecule has 1 aromatic rings. The van der Waals surface area contributed by atoms with Crippen LogP contribution in [-0.2, 0) is 0 Å². The maximum absolute atomic E-state index is 9.98. The van der Waals surface area contributed by atoms with E-state index in [1.54, 1.807) is 0 Å². The minimum Gasteiger partial charge on any atom is -0.540 e. The van der Waals surface area contributed by atoms with Gasteiger partial charge < -0.3 is 14.3 Å². The van der Waals surface area contributed by atoms with Crippen molar-refractivity contribution >= 4 is 12.0 Å². The summed E-state index contributed by atoms with van der Waals surface area (Å²) in [5.74, 6) is -2.05. The molecule has 0 N–H and O–H groups in total. The van der Waals surface area contributed by atoms with Crippen LogP contribution in [0.15, 0.2) is 4.42 Å². The Morgan fingerprint density at radius 3 is 2.55 bits per heavy atom. The summed E-state index contributed by atoms with van der Waals surface area (Å²) in [5, 5.41) is 19.8. The molecule has 1 rings (SSSR count). The smallest absolute Gasteiger partial charge is 0.540 e. The molecule has 1 radical (unpaired) electrons. The van der Waals surface area contributed by atoms with E-state index in [2.05, 4.69) is 19.9 Å². The zero-order valence-corrected chi connectivity index (χ0v) is 8.07. The molecule has 0 unspecified atom stereocenters. The molecule has 6 nitrogen and oxygen atoms in total. The number of hydrogen-bond acceptors (Lipinski definition) is 5. The van der Waals surface area contributed by atoms with Crippen molar-refractivity contribution in [3.05, 3.63) is 5.89 Å². The van der Waals surface area contributed by atoms with Gasteiger partial charge in [0.2, 0.25) is 0 Å². The first-order chi connectivity index (χ1) is 4.74. The standard InChI is InChI=1S/C4H4N3O3.Na/c1-5-4-7-6-2(10-4)3(8)9;/h1H3,(H,8,9);/q;+1/p-1. The van der Waals surface area contributed by atoms with Crippen LogP contribution in [0.25, 0.3) is 0 Å². The zero-order valence-electron chi connectivity index (χ0n) is 6.07. The number of nitrogens with zero attached hydrogens (tertiary/aromatic N) is 3. The summed E-state index contributed by atoms with van der Waals surface area (Å²) in [5.41, 5.74) is 0. The minimum absolute atomic E-state index is 0. The van der Waals surface area contributed by atoms with Crippen molar-refractivity contribution in [3.8, 4) is 0 Å². The Hall–Kier alpha value is -0.590. The topological polar surface area (TPSA) is 93.2 Å². The maximum atomic E-state index is 9.98. The molecule has 0 atom stereocenters. The molecule has 0 aliphatic heterocycles. The number of aromatic nitrogens is 2. The fourth-order valence-corrected chi connectivity index (χ4v) is 0.388. The van der Waals surface area contributed by atoms with Gasteiger partial charge in [-0.15, -0.1) is 5.10 Å². The molecule has 7 heteroatoms. The summed E-state index contributed by atoms with van der Waals surface area (Å²) in [4.78, 5) is 9.98. The molecule has 0 aliphatic carbocycles. The largest absolute Gasteiger partial charge is 1.00 e. The molecular weight excluding hydrogens is 161 g/mol. The number of carboxylic acid groups (broad SMARTS) is 1. The molecule has 1 aromatic heterocycles. The molecule has 11 heavy (non-hydrogen) atoms. The van der Waals surface area contributed by atoms with Gasteiger partial charge in [0.25, 0.3) is 5.89 Å². The van der Waals surface area contributed by atoms with E-state index < -0.39 is 11.9 Å². The van der Waals surface area contributed by atoms with E-state index in [4.69, 9.17) is 0 Å². The van der Waals surface area contributed by atoms with Gasteiger partial charge in [-0.2, -0.15) is 0 Å². The van der Waals surface area contributed by atoms with E-state index in [-0.39, 0.29) is 35.6 Å². The molecule has 53 valence electrons. The van der Waals surface area contributed by atoms with E-state index >= 15 is 0 Å². The molecule has 0 saturated carbocycles. The maximum Gasteiger partial charge on any atom is 1.00 e. The van der Waals surface area contributed by atoms with E-state index in [0.29, 0.717) is 0 Å². The third-order valence-corrected chi connectivity index (χ3v) is 0.780. The molecular formula is C4H3N3NaO3. The molecule has 0 spiro atoms. The van der Waals surface area contributed by atoms with Crippen LogP contribution in [0.4, 0.5) is 6.01 Å². The van der Waals surface area contributed by atoms with Gasteiger partial charge in [0.05, 0.1) is 0 Å². The van der Waals surface area contributed by atoms with Gasteiger partial charge in [0.1, 0.15) is 5.97 Å². The van der Waals surface area contributed by atoms with Crippen molar-refractivity contribution in [1.29, 1.82) is 0 Å². The van der Waals surface area contributed by atoms with E-state index in [1.165, 1.54) is 7.05 Å². The summed E-state index contributed by atoms with van der Waals surface area (Å²) >= 11 is 0. The quantitative estimate of drug-likeness (QED) is 0.409. The molecule has 0 fully saturated rings. The molecule has 0 aromatic carbocycles. The average Bonchev–Trinajstić information content (AvgIpc) is 2.34. The predicted octanol–water partition coefficient (Wildman–Crippen LogP) is -4.70. The van der Waals surface area contributed by atoms with Crippen molar-refractivity contribution in [3.63, 3.8) is 0 Å². The predicted molar refractivity (Wildman–Crippen MR) is 26.3 cm³/mol. The van der Waals surface area contributed by atoms with Crippen LogP contribution in [-0.4, -0.2) is 23.2 Å². The minimum atomic E-state index is -1.50. The van der Waals surface area contributed by atoms with E-state index in [0.717, 1.165) is 0 Å². The summed E-state index contributed by atoms with van der Waals surface area (Å²) < 4.78 is 4.44. The van der Waals surface area contributed by atoms with Gasteiger partial charge >= 0.3 is 35.6 Å². The monoisotopic (exact) mass is 164 g/mol. The van der Waals surface area contributed by atoms with Gasteiger partial charge in [0.15, 0.2) is 0 Å². The normalized spacial score (nSPS) is 8.45. The molecule has 1 heterocycles. The summed E-state index contributed by atoms with van der Waals surface area (Å²) in [6.07, 6.45) is 0. The average molecular weight is 164 g/mol. The Labute approximate surface area is 84.3 Å². The van der Waals surface area contributed by atoms with Crippen LogP contribution in [0.2, 0.25) is 0 Å². The summed E-state index contributed by atoms with van der Waals surface area (Å²) in [6, 6.07) is -0.0702. The molecule has 0 bridgehead atoms. The van der Waals surface area contributed by atoms with Crippen LogP contribution in [0, 0.1) is 0 Å². The Kier molecular flexibility index (Phi) is 4.09. The molecule has 0 amide bonds. The van der Waals surface area contributed by atoms with Crippen molar-refractivity contribution in [2.24, 2.45) is 0 Å². The van der Waals surface area contributed by atoms with E-state index in [1.807, 2.05) is 0 Å². The van der Waals surface area contributed by atoms with Crippen molar-refractivity contribution in [2.75, 3.05) is 7.05 Å². The summed E-state index contributed by atoms with van der Waals surface area (Å²) in [7, 11) is 1.41. The SMILES string of the molecule is C[N]c1nnc(C(=O)[O-])o1.[Na+]. The second-order valence-electron chi connectivity index (χ2n) is 1.40. The Morgan fingerprint density at radius 1 is 1.64 bits per heavy atom. The number of carboxylic acids is 1. The Bertz CT molecular complexity index is 248. The number of carbonyl (C=O) groups excluding carboxylic acids is 1. The second-order valence-corrected chi connectivity index (χ2v) is 1.40. The number of carbonyl (C=O) groups is 1. The Balaban J connectivity index is 0.000001000. The molecule has 0 saturated heterocycles. The van der Waals surface area contributed by atoms with Crippen LogP contribution in [0.5, 0.6) is 0 Å². The van der Waals surface area contributed by atoms with E-state index in [9.17, 15) is 9.90 Å². The van der Waals surface area contributed by atoms with Crippen LogP contribution >= 0.6 is 0 Å². The van der Waals surface area contributed by atoms with Gasteiger partial charge in [-0.1, -0.05) is 5.10 Å². The summed E-state index contributed by atoms with van der Waals surface area (Å²) in [6.45, 7) is 0. The van der Waals surface area contributed by atoms with Crippen molar-refractivity contribution < 1.29 is 43.9 Å². The van der Waals surface area contributed by atoms with Crippen LogP contribution in [0.3, 0.4) is 0 Å². The number of rotatable bonds is 2. The van der Waals surface area contributed by atoms with Gasteiger partial charge in [-0.05, 0) is 0 Å². The van der Waals surface area contributed by atoms with Crippen molar-refractivity contribution in [2.45, 2.75) is 0 Å². The number of aromatic carboxylic acids is 1. The first-order valence-corrected chi connectivity index (χ1v) is 2.38. The van der Waals surface area contributed by atoms with Gasteiger partial charge in [-0.3, -0.25) is 0 Å². The van der Waals surface area contributed by atoms with Crippen LogP contribution < -0.4 is 40.0 Å². The van der Waals surface area contributed by atoms with Crippen LogP contribution in [0.1, 0.15) is 10.7 Å². The number of hydrogen-bond donors (Lipinski definition) is 0. The van der Waals surface area contributed by atoms with Gasteiger partial charge in [-0.25, -0.2) is 5.32 Å². The zero-order chi connectivity index (χ0) is 7.56. The first-order valence-electron chi connectivity index (χ1n) is 2.38. The third kappa shape index (κ3) is 2.49. The molecule has 0 aliphatic rings. The fraction of sp³-hybridized carbons (Fsp3) is 0.250. The second kappa shape index (κ2) is 4.32. The first kappa shape index (κ1) is 10.4. The fourth-order valence-electron chi connectivity index (χ4n) is 0.388. The third-order valence-electron chi connectivity index (χ3n) is 0.780. The Morgan fingerprint density at radius 2 is 2.27 bits per heavy atom. The van der Waals surface area contributed by atoms with Gasteiger partial charge in [0, 0.05) is 7.05 Å².